The number of rotatable bonds is 71. The summed E-state index contributed by atoms with van der Waals surface area (Å²) in [6.07, 6.45) is 48.6. The predicted molar refractivity (Wildman–Crippen MR) is 372 cm³/mol. The molecule has 0 heterocycles. The molecule has 0 fully saturated rings. The van der Waals surface area contributed by atoms with Crippen molar-refractivity contribution < 1.29 is 80.2 Å². The molecule has 546 valence electrons. The highest BCUT2D eigenvalue weighted by Crippen LogP contribution is 2.45. The van der Waals surface area contributed by atoms with Crippen molar-refractivity contribution in [3.8, 4) is 0 Å². The minimum Gasteiger partial charge on any atom is -0.462 e. The van der Waals surface area contributed by atoms with E-state index in [0.717, 1.165) is 108 Å². The molecule has 6 atom stereocenters. The van der Waals surface area contributed by atoms with Crippen LogP contribution in [0.1, 0.15) is 370 Å². The highest BCUT2D eigenvalue weighted by molar-refractivity contribution is 7.47. The fourth-order valence-corrected chi connectivity index (χ4v) is 12.6. The van der Waals surface area contributed by atoms with Gasteiger partial charge in [0.1, 0.15) is 19.3 Å². The van der Waals surface area contributed by atoms with Gasteiger partial charge >= 0.3 is 39.5 Å². The quantitative estimate of drug-likeness (QED) is 0.0222. The van der Waals surface area contributed by atoms with Gasteiger partial charge in [0.05, 0.1) is 26.4 Å². The molecule has 0 aliphatic carbocycles. The summed E-state index contributed by atoms with van der Waals surface area (Å²) >= 11 is 0. The van der Waals surface area contributed by atoms with E-state index in [9.17, 15) is 43.2 Å². The van der Waals surface area contributed by atoms with E-state index in [1.165, 1.54) is 180 Å². The van der Waals surface area contributed by atoms with Crippen LogP contribution in [0.2, 0.25) is 0 Å². The van der Waals surface area contributed by atoms with Crippen molar-refractivity contribution >= 4 is 39.5 Å². The molecule has 0 aromatic carbocycles. The minimum atomic E-state index is -4.96. The van der Waals surface area contributed by atoms with Crippen LogP contribution in [0, 0.1) is 17.8 Å². The molecule has 0 aliphatic rings. The maximum absolute atomic E-state index is 13.1. The number of hydrogen-bond acceptors (Lipinski definition) is 15. The van der Waals surface area contributed by atoms with E-state index in [1.54, 1.807) is 0 Å². The second-order valence-electron chi connectivity index (χ2n) is 27.5. The predicted octanol–water partition coefficient (Wildman–Crippen LogP) is 21.0. The van der Waals surface area contributed by atoms with Crippen molar-refractivity contribution in [3.63, 3.8) is 0 Å². The maximum atomic E-state index is 13.1. The third kappa shape index (κ3) is 65.4. The number of unbranched alkanes of at least 4 members (excludes halogenated alkanes) is 38. The number of hydrogen-bond donors (Lipinski definition) is 3. The molecule has 0 saturated carbocycles. The summed E-state index contributed by atoms with van der Waals surface area (Å²) in [5.41, 5.74) is 0. The summed E-state index contributed by atoms with van der Waals surface area (Å²) < 4.78 is 68.4. The van der Waals surface area contributed by atoms with Crippen LogP contribution in [0.25, 0.3) is 0 Å². The van der Waals surface area contributed by atoms with Gasteiger partial charge in [0.25, 0.3) is 0 Å². The third-order valence-electron chi connectivity index (χ3n) is 17.2. The van der Waals surface area contributed by atoms with Crippen LogP contribution in [-0.4, -0.2) is 96.7 Å². The van der Waals surface area contributed by atoms with E-state index < -0.39 is 97.5 Å². The summed E-state index contributed by atoms with van der Waals surface area (Å²) in [5.74, 6) is 0.173. The van der Waals surface area contributed by atoms with E-state index in [-0.39, 0.29) is 25.7 Å². The van der Waals surface area contributed by atoms with Crippen LogP contribution in [0.4, 0.5) is 0 Å². The molecule has 92 heavy (non-hydrogen) atoms. The van der Waals surface area contributed by atoms with Gasteiger partial charge in [0, 0.05) is 25.7 Å². The number of ether oxygens (including phenoxy) is 4. The van der Waals surface area contributed by atoms with E-state index in [0.29, 0.717) is 25.7 Å². The first-order valence-electron chi connectivity index (χ1n) is 37.9. The highest BCUT2D eigenvalue weighted by atomic mass is 31.2. The standard InChI is InChI=1S/C73H142O17P2/c1-8-10-11-12-13-14-27-32-40-47-54-70(75)84-61-69(90-73(78)57-50-43-36-35-39-46-53-66(7)9-2)63-88-92(81,82)86-59-67(74)58-85-91(79,80)87-62-68(60-83-71(76)55-48-41-33-28-23-20-19-22-26-31-38-45-52-65(5)6)89-72(77)56-49-42-34-29-24-18-16-15-17-21-25-30-37-44-51-64(3)4/h64-69,74H,8-63H2,1-7H3,(H,79,80)(H,81,82)/t66?,67-,68-,69-/m1/s1. The molecule has 0 aliphatic heterocycles. The third-order valence-corrected chi connectivity index (χ3v) is 19.1. The Morgan fingerprint density at radius 3 is 0.826 bits per heavy atom. The normalized spacial score (nSPS) is 14.4. The topological polar surface area (TPSA) is 237 Å². The van der Waals surface area contributed by atoms with Gasteiger partial charge in [0.15, 0.2) is 12.2 Å². The van der Waals surface area contributed by atoms with Crippen molar-refractivity contribution in [2.45, 2.75) is 388 Å². The summed E-state index contributed by atoms with van der Waals surface area (Å²) in [6.45, 7) is 11.9. The molecule has 3 N–H and O–H groups in total. The minimum absolute atomic E-state index is 0.103. The van der Waals surface area contributed by atoms with Crippen molar-refractivity contribution in [2.75, 3.05) is 39.6 Å². The summed E-state index contributed by atoms with van der Waals surface area (Å²) in [5, 5.41) is 10.6. The first-order valence-corrected chi connectivity index (χ1v) is 40.9. The molecule has 0 aromatic rings. The van der Waals surface area contributed by atoms with Crippen LogP contribution in [0.5, 0.6) is 0 Å². The number of phosphoric ester groups is 2. The van der Waals surface area contributed by atoms with E-state index in [1.807, 2.05) is 0 Å². The number of carbonyl (C=O) groups is 4. The second kappa shape index (κ2) is 63.8. The average molecular weight is 1350 g/mol. The summed E-state index contributed by atoms with van der Waals surface area (Å²) in [6, 6.07) is 0. The first kappa shape index (κ1) is 90.1. The Bertz CT molecular complexity index is 1800. The van der Waals surface area contributed by atoms with Crippen LogP contribution >= 0.6 is 15.6 Å². The van der Waals surface area contributed by atoms with Crippen molar-refractivity contribution in [2.24, 2.45) is 17.8 Å². The van der Waals surface area contributed by atoms with Crippen LogP contribution in [-0.2, 0) is 65.4 Å². The van der Waals surface area contributed by atoms with Crippen LogP contribution in [0.15, 0.2) is 0 Å². The summed E-state index contributed by atoms with van der Waals surface area (Å²) in [7, 11) is -9.90. The molecular weight excluding hydrogens is 1210 g/mol. The fourth-order valence-electron chi connectivity index (χ4n) is 11.0. The Hall–Kier alpha value is -1.94. The fraction of sp³-hybridized carbons (Fsp3) is 0.945. The maximum Gasteiger partial charge on any atom is 0.472 e. The van der Waals surface area contributed by atoms with E-state index in [2.05, 4.69) is 48.5 Å². The monoisotopic (exact) mass is 1350 g/mol. The highest BCUT2D eigenvalue weighted by Gasteiger charge is 2.30. The van der Waals surface area contributed by atoms with Gasteiger partial charge in [0.2, 0.25) is 0 Å². The molecule has 0 amide bonds. The van der Waals surface area contributed by atoms with Gasteiger partial charge in [-0.25, -0.2) is 9.13 Å². The summed E-state index contributed by atoms with van der Waals surface area (Å²) in [4.78, 5) is 72.6. The molecule has 0 rings (SSSR count). The molecule has 0 radical (unpaired) electrons. The zero-order valence-electron chi connectivity index (χ0n) is 60.0. The Morgan fingerprint density at radius 1 is 0.315 bits per heavy atom. The average Bonchev–Trinajstić information content (AvgIpc) is 3.38. The van der Waals surface area contributed by atoms with Gasteiger partial charge in [-0.3, -0.25) is 37.3 Å². The largest absolute Gasteiger partial charge is 0.472 e. The Kier molecular flexibility index (Phi) is 62.4. The number of esters is 4. The van der Waals surface area contributed by atoms with Crippen LogP contribution < -0.4 is 0 Å². The molecule has 0 bridgehead atoms. The molecule has 0 saturated heterocycles. The number of aliphatic hydroxyl groups excluding tert-OH is 1. The zero-order valence-corrected chi connectivity index (χ0v) is 61.8. The first-order chi connectivity index (χ1) is 44.3. The van der Waals surface area contributed by atoms with Crippen molar-refractivity contribution in [1.82, 2.24) is 0 Å². The van der Waals surface area contributed by atoms with Crippen molar-refractivity contribution in [3.05, 3.63) is 0 Å². The van der Waals surface area contributed by atoms with Crippen molar-refractivity contribution in [1.29, 1.82) is 0 Å². The van der Waals surface area contributed by atoms with E-state index in [4.69, 9.17) is 37.0 Å². The van der Waals surface area contributed by atoms with Gasteiger partial charge in [-0.05, 0) is 43.4 Å². The van der Waals surface area contributed by atoms with Crippen LogP contribution in [0.3, 0.4) is 0 Å². The SMILES string of the molecule is CCCCCCCCCCCCC(=O)OC[C@H](COP(=O)(O)OC[C@H](O)COP(=O)(O)OC[C@@H](COC(=O)CCCCCCCCCCCCCCC(C)C)OC(=O)CCCCCCCCCCCCCCCCC(C)C)OC(=O)CCCCCCCCC(C)CC. The zero-order chi connectivity index (χ0) is 68.0. The van der Waals surface area contributed by atoms with Gasteiger partial charge in [-0.1, -0.05) is 318 Å². The van der Waals surface area contributed by atoms with Gasteiger partial charge in [-0.15, -0.1) is 0 Å². The lowest BCUT2D eigenvalue weighted by Gasteiger charge is -2.21. The molecule has 3 unspecified atom stereocenters. The molecular formula is C73H142O17P2. The molecule has 0 aromatic heterocycles. The Labute approximate surface area is 562 Å². The van der Waals surface area contributed by atoms with E-state index >= 15 is 0 Å². The lowest BCUT2D eigenvalue weighted by molar-refractivity contribution is -0.161. The second-order valence-corrected chi connectivity index (χ2v) is 30.4. The lowest BCUT2D eigenvalue weighted by atomic mass is 10.00. The lowest BCUT2D eigenvalue weighted by Crippen LogP contribution is -2.30. The smallest absolute Gasteiger partial charge is 0.462 e. The molecule has 19 heteroatoms. The number of carbonyl (C=O) groups excluding carboxylic acids is 4. The van der Waals surface area contributed by atoms with Gasteiger partial charge < -0.3 is 33.8 Å². The Balaban J connectivity index is 5.24. The molecule has 0 spiro atoms. The Morgan fingerprint density at radius 2 is 0.554 bits per heavy atom. The van der Waals surface area contributed by atoms with Gasteiger partial charge in [-0.2, -0.15) is 0 Å². The molecule has 17 nitrogen and oxygen atoms in total. The number of phosphoric acid groups is 2. The number of aliphatic hydroxyl groups is 1.